The van der Waals surface area contributed by atoms with Crippen LogP contribution in [0.4, 0.5) is 4.39 Å². The summed E-state index contributed by atoms with van der Waals surface area (Å²) in [6.45, 7) is 3.70. The van der Waals surface area contributed by atoms with Crippen molar-refractivity contribution in [3.05, 3.63) is 12.2 Å². The summed E-state index contributed by atoms with van der Waals surface area (Å²) in [4.78, 5) is 11.4. The molecule has 220 valence electrons. The molecule has 1 saturated carbocycles. The number of halogens is 1. The van der Waals surface area contributed by atoms with Gasteiger partial charge in [0.25, 0.3) is 0 Å². The third-order valence-electron chi connectivity index (χ3n) is 8.31. The van der Waals surface area contributed by atoms with E-state index < -0.39 is 6.17 Å². The second-order valence-corrected chi connectivity index (χ2v) is 11.3. The number of esters is 1. The highest BCUT2D eigenvalue weighted by atomic mass is 19.1. The fourth-order valence-electron chi connectivity index (χ4n) is 6.05. The molecule has 0 N–H and O–H groups in total. The highest BCUT2D eigenvalue weighted by Crippen LogP contribution is 2.42. The summed E-state index contributed by atoms with van der Waals surface area (Å²) in [5.41, 5.74) is 0. The minimum Gasteiger partial charge on any atom is -0.469 e. The lowest BCUT2D eigenvalue weighted by Gasteiger charge is -2.30. The van der Waals surface area contributed by atoms with E-state index in [4.69, 9.17) is 23.7 Å². The van der Waals surface area contributed by atoms with Crippen LogP contribution in [-0.2, 0) is 28.5 Å². The highest BCUT2D eigenvalue weighted by molar-refractivity contribution is 5.68. The van der Waals surface area contributed by atoms with Gasteiger partial charge in [0.1, 0.15) is 6.17 Å². The van der Waals surface area contributed by atoms with Crippen LogP contribution in [0.15, 0.2) is 12.2 Å². The van der Waals surface area contributed by atoms with Gasteiger partial charge < -0.3 is 23.7 Å². The molecule has 0 aromatic heterocycles. The first-order valence-corrected chi connectivity index (χ1v) is 15.5. The number of rotatable bonds is 17. The molecular formula is C31H53FO6. The van der Waals surface area contributed by atoms with E-state index in [0.29, 0.717) is 12.8 Å². The van der Waals surface area contributed by atoms with Gasteiger partial charge in [-0.15, -0.1) is 0 Å². The van der Waals surface area contributed by atoms with Crippen LogP contribution in [0.1, 0.15) is 116 Å². The Hall–Kier alpha value is -1.02. The Balaban J connectivity index is 1.61. The van der Waals surface area contributed by atoms with Gasteiger partial charge >= 0.3 is 5.97 Å². The average Bonchev–Trinajstić information content (AvgIpc) is 3.23. The molecule has 0 radical (unpaired) electrons. The van der Waals surface area contributed by atoms with E-state index in [1.54, 1.807) is 0 Å². The van der Waals surface area contributed by atoms with Gasteiger partial charge in [-0.3, -0.25) is 4.79 Å². The maximum Gasteiger partial charge on any atom is 0.305 e. The van der Waals surface area contributed by atoms with Crippen molar-refractivity contribution in [3.8, 4) is 0 Å². The predicted octanol–water partition coefficient (Wildman–Crippen LogP) is 7.43. The smallest absolute Gasteiger partial charge is 0.305 e. The van der Waals surface area contributed by atoms with Crippen molar-refractivity contribution in [2.24, 2.45) is 11.8 Å². The van der Waals surface area contributed by atoms with Gasteiger partial charge in [0, 0.05) is 32.0 Å². The zero-order valence-electron chi connectivity index (χ0n) is 24.0. The molecule has 2 unspecified atom stereocenters. The normalized spacial score (nSPS) is 31.0. The van der Waals surface area contributed by atoms with Crippen LogP contribution in [0.25, 0.3) is 0 Å². The third kappa shape index (κ3) is 11.2. The molecule has 6 nitrogen and oxygen atoms in total. The largest absolute Gasteiger partial charge is 0.469 e. The molecule has 0 bridgehead atoms. The predicted molar refractivity (Wildman–Crippen MR) is 146 cm³/mol. The number of methoxy groups -OCH3 is 1. The molecule has 1 aliphatic carbocycles. The number of alkyl halides is 1. The first-order chi connectivity index (χ1) is 18.6. The molecule has 2 heterocycles. The van der Waals surface area contributed by atoms with Crippen LogP contribution in [0.5, 0.6) is 0 Å². The third-order valence-corrected chi connectivity index (χ3v) is 8.31. The number of carbonyl (C=O) groups excluding carboxylic acids is 1. The van der Waals surface area contributed by atoms with Crippen LogP contribution in [0.2, 0.25) is 0 Å². The van der Waals surface area contributed by atoms with Crippen LogP contribution < -0.4 is 0 Å². The van der Waals surface area contributed by atoms with Gasteiger partial charge in [-0.1, -0.05) is 57.6 Å². The summed E-state index contributed by atoms with van der Waals surface area (Å²) in [6, 6.07) is 0. The van der Waals surface area contributed by atoms with Crippen molar-refractivity contribution >= 4 is 5.97 Å². The fourth-order valence-corrected chi connectivity index (χ4v) is 6.05. The summed E-state index contributed by atoms with van der Waals surface area (Å²) < 4.78 is 44.7. The fraction of sp³-hybridized carbons (Fsp3) is 0.903. The summed E-state index contributed by atoms with van der Waals surface area (Å²) in [5.74, 6) is -0.216. The van der Waals surface area contributed by atoms with Crippen molar-refractivity contribution < 1.29 is 32.9 Å². The van der Waals surface area contributed by atoms with E-state index in [2.05, 4.69) is 19.1 Å². The van der Waals surface area contributed by atoms with Gasteiger partial charge in [0.05, 0.1) is 19.3 Å². The van der Waals surface area contributed by atoms with Gasteiger partial charge in [-0.2, -0.15) is 0 Å². The van der Waals surface area contributed by atoms with Crippen LogP contribution in [0, 0.1) is 11.8 Å². The van der Waals surface area contributed by atoms with Crippen molar-refractivity contribution in [1.82, 2.24) is 0 Å². The molecule has 7 atom stereocenters. The van der Waals surface area contributed by atoms with Crippen LogP contribution >= 0.6 is 0 Å². The minimum absolute atomic E-state index is 0.00939. The summed E-state index contributed by atoms with van der Waals surface area (Å²) in [5, 5.41) is 0. The maximum absolute atomic E-state index is 15.4. The van der Waals surface area contributed by atoms with Crippen molar-refractivity contribution in [3.63, 3.8) is 0 Å². The van der Waals surface area contributed by atoms with E-state index in [0.717, 1.165) is 96.7 Å². The number of ether oxygens (including phenoxy) is 5. The molecule has 38 heavy (non-hydrogen) atoms. The van der Waals surface area contributed by atoms with Gasteiger partial charge in [0.2, 0.25) is 0 Å². The standard InChI is InChI=1S/C31H53FO6/c1-3-4-7-14-24(37-30-17-10-12-21-35-30)19-20-26-25(15-8-5-6-9-16-29(33)34-2)27(32)23-28(26)38-31-18-11-13-22-36-31/h19-20,24-28,30-31H,3-18,21-23H2,1-2H3/t24-,25+,26+,27+,28+,30?,31?/m0/s1. The van der Waals surface area contributed by atoms with E-state index in [1.165, 1.54) is 20.0 Å². The zero-order valence-corrected chi connectivity index (χ0v) is 24.0. The van der Waals surface area contributed by atoms with Gasteiger partial charge in [0.15, 0.2) is 12.6 Å². The zero-order chi connectivity index (χ0) is 27.0. The molecule has 0 amide bonds. The number of carbonyl (C=O) groups is 1. The first-order valence-electron chi connectivity index (χ1n) is 15.5. The molecule has 2 aliphatic heterocycles. The number of unbranched alkanes of at least 4 members (excludes halogenated alkanes) is 5. The summed E-state index contributed by atoms with van der Waals surface area (Å²) in [7, 11) is 1.43. The molecule has 2 saturated heterocycles. The Morgan fingerprint density at radius 3 is 2.39 bits per heavy atom. The number of hydrogen-bond donors (Lipinski definition) is 0. The maximum atomic E-state index is 15.4. The molecule has 3 fully saturated rings. The Morgan fingerprint density at radius 1 is 0.974 bits per heavy atom. The Labute approximate surface area is 230 Å². The molecule has 3 rings (SSSR count). The SMILES string of the molecule is CCCCC[C@@H](C=C[C@@H]1[C@@H](CCCCCCC(=O)OC)[C@H](F)C[C@H]1OC1CCCCO1)OC1CCCCO1. The second-order valence-electron chi connectivity index (χ2n) is 11.3. The van der Waals surface area contributed by atoms with E-state index in [9.17, 15) is 4.79 Å². The quantitative estimate of drug-likeness (QED) is 0.109. The minimum atomic E-state index is -0.880. The monoisotopic (exact) mass is 540 g/mol. The van der Waals surface area contributed by atoms with Crippen LogP contribution in [-0.4, -0.2) is 57.3 Å². The molecule has 7 heteroatoms. The van der Waals surface area contributed by atoms with Crippen LogP contribution in [0.3, 0.4) is 0 Å². The lowest BCUT2D eigenvalue weighted by molar-refractivity contribution is -0.193. The molecule has 0 spiro atoms. The van der Waals surface area contributed by atoms with E-state index in [1.807, 2.05) is 0 Å². The second kappa shape index (κ2) is 18.4. The van der Waals surface area contributed by atoms with E-state index >= 15 is 4.39 Å². The first kappa shape index (κ1) is 31.5. The Bertz CT molecular complexity index is 661. The number of hydrogen-bond acceptors (Lipinski definition) is 6. The van der Waals surface area contributed by atoms with Crippen molar-refractivity contribution in [2.45, 2.75) is 147 Å². The Morgan fingerprint density at radius 2 is 1.71 bits per heavy atom. The summed E-state index contributed by atoms with van der Waals surface area (Å²) >= 11 is 0. The lowest BCUT2D eigenvalue weighted by Crippen LogP contribution is -2.31. The van der Waals surface area contributed by atoms with E-state index in [-0.39, 0.29) is 42.6 Å². The van der Waals surface area contributed by atoms with Crippen molar-refractivity contribution in [2.75, 3.05) is 20.3 Å². The average molecular weight is 541 g/mol. The molecule has 0 aromatic rings. The van der Waals surface area contributed by atoms with Gasteiger partial charge in [-0.05, 0) is 63.7 Å². The topological polar surface area (TPSA) is 63.2 Å². The van der Waals surface area contributed by atoms with Gasteiger partial charge in [-0.25, -0.2) is 4.39 Å². The molecule has 3 aliphatic rings. The van der Waals surface area contributed by atoms with Crippen molar-refractivity contribution in [1.29, 1.82) is 0 Å². The lowest BCUT2D eigenvalue weighted by atomic mass is 9.88. The molecule has 0 aromatic carbocycles. The Kier molecular flexibility index (Phi) is 15.2. The molecular weight excluding hydrogens is 487 g/mol. The highest BCUT2D eigenvalue weighted by Gasteiger charge is 2.43. The summed E-state index contributed by atoms with van der Waals surface area (Å²) in [6.07, 6.45) is 19.0.